The lowest BCUT2D eigenvalue weighted by atomic mass is 10.1. The standard InChI is InChI=1S/C13H24O5S.H3N/c1-5-12(6-2)11(4)13(14)17-9-8-10-19(15,16)18-7-3;/h5-10H2,1-4H3;1H3. The first-order chi connectivity index (χ1) is 8.87. The fraction of sp³-hybridized carbons (Fsp3) is 0.769. The topological polar surface area (TPSA) is 105 Å². The number of rotatable bonds is 9. The summed E-state index contributed by atoms with van der Waals surface area (Å²) in [6, 6.07) is 0. The Morgan fingerprint density at radius 2 is 1.65 bits per heavy atom. The van der Waals surface area contributed by atoms with Crippen molar-refractivity contribution in [2.75, 3.05) is 19.0 Å². The van der Waals surface area contributed by atoms with Crippen LogP contribution in [0.25, 0.3) is 0 Å². The molecule has 0 aromatic rings. The molecule has 0 aliphatic carbocycles. The zero-order valence-electron chi connectivity index (χ0n) is 12.9. The van der Waals surface area contributed by atoms with E-state index in [4.69, 9.17) is 4.74 Å². The second-order valence-electron chi connectivity index (χ2n) is 4.09. The summed E-state index contributed by atoms with van der Waals surface area (Å²) in [6.07, 6.45) is 1.88. The maximum absolute atomic E-state index is 11.7. The lowest BCUT2D eigenvalue weighted by Crippen LogP contribution is -2.14. The largest absolute Gasteiger partial charge is 0.462 e. The maximum Gasteiger partial charge on any atom is 0.333 e. The van der Waals surface area contributed by atoms with Crippen molar-refractivity contribution in [1.82, 2.24) is 6.15 Å². The third-order valence-electron chi connectivity index (χ3n) is 2.76. The van der Waals surface area contributed by atoms with Gasteiger partial charge in [0.1, 0.15) is 0 Å². The van der Waals surface area contributed by atoms with Crippen LogP contribution >= 0.6 is 0 Å². The van der Waals surface area contributed by atoms with Crippen molar-refractivity contribution in [2.45, 2.75) is 47.0 Å². The van der Waals surface area contributed by atoms with E-state index in [0.717, 1.165) is 18.4 Å². The third kappa shape index (κ3) is 8.29. The van der Waals surface area contributed by atoms with E-state index < -0.39 is 10.1 Å². The minimum atomic E-state index is -3.48. The molecule has 0 aromatic carbocycles. The number of hydrogen-bond acceptors (Lipinski definition) is 6. The molecular formula is C13H27NO5S. The third-order valence-corrected chi connectivity index (χ3v) is 4.14. The SMILES string of the molecule is CCOS(=O)(=O)CCCOC(=O)C(C)=C(CC)CC.N. The molecule has 0 heterocycles. The van der Waals surface area contributed by atoms with Gasteiger partial charge in [-0.2, -0.15) is 8.42 Å². The van der Waals surface area contributed by atoms with Crippen LogP contribution in [0.15, 0.2) is 11.1 Å². The summed E-state index contributed by atoms with van der Waals surface area (Å²) in [5.41, 5.74) is 1.68. The first kappa shape index (κ1) is 21.4. The fourth-order valence-electron chi connectivity index (χ4n) is 1.67. The molecular weight excluding hydrogens is 282 g/mol. The van der Waals surface area contributed by atoms with Crippen LogP contribution in [0.4, 0.5) is 0 Å². The van der Waals surface area contributed by atoms with Crippen molar-refractivity contribution in [2.24, 2.45) is 0 Å². The Balaban J connectivity index is 0. The Bertz CT molecular complexity index is 408. The highest BCUT2D eigenvalue weighted by molar-refractivity contribution is 7.86. The van der Waals surface area contributed by atoms with Crippen LogP contribution in [-0.4, -0.2) is 33.4 Å². The van der Waals surface area contributed by atoms with E-state index in [-0.39, 0.29) is 37.5 Å². The Labute approximate surface area is 122 Å². The van der Waals surface area contributed by atoms with Gasteiger partial charge in [0, 0.05) is 5.57 Å². The molecule has 0 bridgehead atoms. The molecule has 7 heteroatoms. The Morgan fingerprint density at radius 3 is 2.10 bits per heavy atom. The lowest BCUT2D eigenvalue weighted by Gasteiger charge is -2.09. The zero-order valence-corrected chi connectivity index (χ0v) is 13.7. The molecule has 0 fully saturated rings. The van der Waals surface area contributed by atoms with Crippen LogP contribution in [0.2, 0.25) is 0 Å². The second-order valence-corrected chi connectivity index (χ2v) is 5.85. The van der Waals surface area contributed by atoms with E-state index in [1.165, 1.54) is 0 Å². The Hall–Kier alpha value is -0.920. The summed E-state index contributed by atoms with van der Waals surface area (Å²) in [5.74, 6) is -0.502. The van der Waals surface area contributed by atoms with Crippen molar-refractivity contribution in [3.63, 3.8) is 0 Å². The summed E-state index contributed by atoms with van der Waals surface area (Å²) in [6.45, 7) is 7.54. The van der Waals surface area contributed by atoms with Gasteiger partial charge in [-0.05, 0) is 33.1 Å². The zero-order chi connectivity index (χ0) is 14.9. The predicted molar refractivity (Wildman–Crippen MR) is 79.3 cm³/mol. The quantitative estimate of drug-likeness (QED) is 0.304. The first-order valence-corrected chi connectivity index (χ1v) is 8.18. The molecule has 0 aromatic heterocycles. The van der Waals surface area contributed by atoms with Crippen molar-refractivity contribution in [3.8, 4) is 0 Å². The first-order valence-electron chi connectivity index (χ1n) is 6.60. The van der Waals surface area contributed by atoms with Crippen LogP contribution in [0.3, 0.4) is 0 Å². The van der Waals surface area contributed by atoms with Gasteiger partial charge in [-0.25, -0.2) is 4.79 Å². The normalized spacial score (nSPS) is 10.6. The van der Waals surface area contributed by atoms with Crippen LogP contribution in [0.5, 0.6) is 0 Å². The molecule has 0 saturated heterocycles. The predicted octanol–water partition coefficient (Wildman–Crippen LogP) is 2.58. The molecule has 6 nitrogen and oxygen atoms in total. The van der Waals surface area contributed by atoms with E-state index in [2.05, 4.69) is 4.18 Å². The highest BCUT2D eigenvalue weighted by Gasteiger charge is 2.12. The summed E-state index contributed by atoms with van der Waals surface area (Å²) >= 11 is 0. The average Bonchev–Trinajstić information content (AvgIpc) is 2.35. The molecule has 0 unspecified atom stereocenters. The number of esters is 1. The smallest absolute Gasteiger partial charge is 0.333 e. The number of hydrogen-bond donors (Lipinski definition) is 1. The van der Waals surface area contributed by atoms with Gasteiger partial charge in [0.2, 0.25) is 0 Å². The van der Waals surface area contributed by atoms with Crippen molar-refractivity contribution in [1.29, 1.82) is 0 Å². The van der Waals surface area contributed by atoms with Crippen LogP contribution in [0.1, 0.15) is 47.0 Å². The highest BCUT2D eigenvalue weighted by atomic mass is 32.2. The van der Waals surface area contributed by atoms with Gasteiger partial charge >= 0.3 is 5.97 Å². The molecule has 0 aliphatic rings. The van der Waals surface area contributed by atoms with Gasteiger partial charge in [-0.15, -0.1) is 0 Å². The Kier molecular flexibility index (Phi) is 11.6. The van der Waals surface area contributed by atoms with Crippen LogP contribution < -0.4 is 6.15 Å². The van der Waals surface area contributed by atoms with Crippen molar-refractivity contribution in [3.05, 3.63) is 11.1 Å². The molecule has 0 aliphatic heterocycles. The van der Waals surface area contributed by atoms with Gasteiger partial charge in [0.25, 0.3) is 10.1 Å². The molecule has 20 heavy (non-hydrogen) atoms. The number of carbonyl (C=O) groups is 1. The van der Waals surface area contributed by atoms with E-state index in [0.29, 0.717) is 5.57 Å². The van der Waals surface area contributed by atoms with Gasteiger partial charge in [-0.1, -0.05) is 19.4 Å². The van der Waals surface area contributed by atoms with Crippen LogP contribution in [0, 0.1) is 0 Å². The number of allylic oxidation sites excluding steroid dienone is 1. The summed E-state index contributed by atoms with van der Waals surface area (Å²) in [4.78, 5) is 11.7. The van der Waals surface area contributed by atoms with Crippen molar-refractivity contribution >= 4 is 16.1 Å². The molecule has 0 atom stereocenters. The highest BCUT2D eigenvalue weighted by Crippen LogP contribution is 2.13. The van der Waals surface area contributed by atoms with E-state index in [9.17, 15) is 13.2 Å². The second kappa shape index (κ2) is 10.8. The average molecular weight is 309 g/mol. The van der Waals surface area contributed by atoms with Crippen LogP contribution in [-0.2, 0) is 23.8 Å². The summed E-state index contributed by atoms with van der Waals surface area (Å²) in [5, 5.41) is 0. The summed E-state index contributed by atoms with van der Waals surface area (Å²) in [7, 11) is -3.48. The lowest BCUT2D eigenvalue weighted by molar-refractivity contribution is -0.139. The van der Waals surface area contributed by atoms with E-state index in [1.54, 1.807) is 13.8 Å². The van der Waals surface area contributed by atoms with Gasteiger partial charge in [0.15, 0.2) is 0 Å². The van der Waals surface area contributed by atoms with Gasteiger partial charge in [-0.3, -0.25) is 4.18 Å². The maximum atomic E-state index is 11.7. The molecule has 0 spiro atoms. The minimum absolute atomic E-state index is 0. The molecule has 0 amide bonds. The molecule has 120 valence electrons. The monoisotopic (exact) mass is 309 g/mol. The molecule has 0 rings (SSSR count). The molecule has 3 N–H and O–H groups in total. The fourth-order valence-corrected chi connectivity index (χ4v) is 2.62. The minimum Gasteiger partial charge on any atom is -0.462 e. The number of carbonyl (C=O) groups excluding carboxylic acids is 1. The van der Waals surface area contributed by atoms with Gasteiger partial charge in [0.05, 0.1) is 19.0 Å². The Morgan fingerprint density at radius 1 is 1.10 bits per heavy atom. The molecule has 0 saturated carbocycles. The molecule has 0 radical (unpaired) electrons. The van der Waals surface area contributed by atoms with Gasteiger partial charge < -0.3 is 10.9 Å². The van der Waals surface area contributed by atoms with Crippen molar-refractivity contribution < 1.29 is 22.1 Å². The number of ether oxygens (including phenoxy) is 1. The summed E-state index contributed by atoms with van der Waals surface area (Å²) < 4.78 is 32.1. The van der Waals surface area contributed by atoms with E-state index >= 15 is 0 Å². The van der Waals surface area contributed by atoms with E-state index in [1.807, 2.05) is 13.8 Å².